The van der Waals surface area contributed by atoms with Crippen molar-refractivity contribution in [1.82, 2.24) is 0 Å². The number of nitrogens with zero attached hydrogens (tertiary/aromatic N) is 1. The number of nitrogens with one attached hydrogen (secondary N) is 2. The van der Waals surface area contributed by atoms with Crippen molar-refractivity contribution in [3.63, 3.8) is 0 Å². The lowest BCUT2D eigenvalue weighted by Gasteiger charge is -2.18. The Labute approximate surface area is 214 Å². The number of rotatable bonds is 6. The van der Waals surface area contributed by atoms with Gasteiger partial charge in [0.1, 0.15) is 16.5 Å². The molecule has 1 aliphatic rings. The average molecular weight is 588 g/mol. The Morgan fingerprint density at radius 2 is 1.71 bits per heavy atom. The third-order valence-corrected chi connectivity index (χ3v) is 6.17. The molecule has 7 nitrogen and oxygen atoms in total. The zero-order chi connectivity index (χ0) is 24.4. The molecule has 0 aliphatic carbocycles. The van der Waals surface area contributed by atoms with Crippen LogP contribution in [0.5, 0.6) is 5.75 Å². The second-order valence-electron chi connectivity index (χ2n) is 7.48. The molecule has 172 valence electrons. The molecule has 0 radical (unpaired) electrons. The molecule has 3 amide bonds. The standard InChI is InChI=1S/C25H19ClIN3O4/c1-14-6-11-20(34-2)19(12-14)30-24(32)21(26)22(25(30)33)28-18-5-3-4-15(13-18)23(31)29-17-9-7-16(27)8-10-17/h3-13,28H,1-2H3,(H,29,31). The van der Waals surface area contributed by atoms with Gasteiger partial charge in [0.25, 0.3) is 17.7 Å². The minimum Gasteiger partial charge on any atom is -0.495 e. The van der Waals surface area contributed by atoms with Crippen LogP contribution in [-0.2, 0) is 9.59 Å². The molecule has 0 fully saturated rings. The van der Waals surface area contributed by atoms with E-state index >= 15 is 0 Å². The monoisotopic (exact) mass is 587 g/mol. The summed E-state index contributed by atoms with van der Waals surface area (Å²) in [5.41, 5.74) is 2.54. The number of amides is 3. The molecule has 1 aliphatic heterocycles. The number of carbonyl (C=O) groups is 3. The van der Waals surface area contributed by atoms with Crippen LogP contribution in [0.1, 0.15) is 15.9 Å². The Hall–Kier alpha value is -3.37. The van der Waals surface area contributed by atoms with E-state index in [1.54, 1.807) is 36.4 Å². The summed E-state index contributed by atoms with van der Waals surface area (Å²) in [4.78, 5) is 39.7. The Morgan fingerprint density at radius 1 is 0.971 bits per heavy atom. The van der Waals surface area contributed by atoms with Crippen molar-refractivity contribution in [3.05, 3.63) is 92.2 Å². The van der Waals surface area contributed by atoms with E-state index in [1.165, 1.54) is 7.11 Å². The third-order valence-electron chi connectivity index (χ3n) is 5.10. The Morgan fingerprint density at radius 3 is 2.41 bits per heavy atom. The van der Waals surface area contributed by atoms with Gasteiger partial charge >= 0.3 is 0 Å². The number of carbonyl (C=O) groups excluding carboxylic acids is 3. The van der Waals surface area contributed by atoms with Crippen molar-refractivity contribution in [2.45, 2.75) is 6.92 Å². The number of hydrogen-bond acceptors (Lipinski definition) is 5. The van der Waals surface area contributed by atoms with E-state index in [0.717, 1.165) is 14.0 Å². The molecule has 0 spiro atoms. The maximum absolute atomic E-state index is 13.2. The fourth-order valence-corrected chi connectivity index (χ4v) is 4.00. The lowest BCUT2D eigenvalue weighted by Crippen LogP contribution is -2.32. The predicted molar refractivity (Wildman–Crippen MR) is 140 cm³/mol. The highest BCUT2D eigenvalue weighted by molar-refractivity contribution is 14.1. The topological polar surface area (TPSA) is 87.7 Å². The number of halogens is 2. The summed E-state index contributed by atoms with van der Waals surface area (Å²) in [5, 5.41) is 5.48. The quantitative estimate of drug-likeness (QED) is 0.302. The maximum atomic E-state index is 13.2. The Balaban J connectivity index is 1.56. The number of aryl methyl sites for hydroxylation is 1. The third kappa shape index (κ3) is 4.78. The summed E-state index contributed by atoms with van der Waals surface area (Å²) in [6.45, 7) is 1.84. The van der Waals surface area contributed by atoms with Crippen molar-refractivity contribution in [3.8, 4) is 5.75 Å². The summed E-state index contributed by atoms with van der Waals surface area (Å²) >= 11 is 8.45. The maximum Gasteiger partial charge on any atom is 0.283 e. The van der Waals surface area contributed by atoms with E-state index in [1.807, 2.05) is 37.3 Å². The first-order valence-corrected chi connectivity index (χ1v) is 11.6. The van der Waals surface area contributed by atoms with E-state index in [0.29, 0.717) is 28.4 Å². The zero-order valence-electron chi connectivity index (χ0n) is 18.2. The van der Waals surface area contributed by atoms with Gasteiger partial charge in [-0.05, 0) is 89.7 Å². The molecule has 34 heavy (non-hydrogen) atoms. The molecule has 0 aromatic heterocycles. The molecule has 0 bridgehead atoms. The first kappa shape index (κ1) is 23.8. The Bertz CT molecular complexity index is 1340. The first-order chi connectivity index (χ1) is 16.3. The molecule has 0 saturated heterocycles. The SMILES string of the molecule is COc1ccc(C)cc1N1C(=O)C(Cl)=C(Nc2cccc(C(=O)Nc3ccc(I)cc3)c2)C1=O. The molecule has 2 N–H and O–H groups in total. The van der Waals surface area contributed by atoms with Gasteiger partial charge in [0, 0.05) is 20.5 Å². The number of ether oxygens (including phenoxy) is 1. The van der Waals surface area contributed by atoms with Crippen molar-refractivity contribution < 1.29 is 19.1 Å². The van der Waals surface area contributed by atoms with E-state index in [2.05, 4.69) is 33.2 Å². The van der Waals surface area contributed by atoms with Crippen LogP contribution in [0.2, 0.25) is 0 Å². The van der Waals surface area contributed by atoms with Crippen LogP contribution >= 0.6 is 34.2 Å². The summed E-state index contributed by atoms with van der Waals surface area (Å²) in [6.07, 6.45) is 0. The van der Waals surface area contributed by atoms with E-state index in [9.17, 15) is 14.4 Å². The largest absolute Gasteiger partial charge is 0.495 e. The van der Waals surface area contributed by atoms with Crippen LogP contribution < -0.4 is 20.3 Å². The van der Waals surface area contributed by atoms with Crippen LogP contribution in [0, 0.1) is 10.5 Å². The van der Waals surface area contributed by atoms with Gasteiger partial charge in [-0.1, -0.05) is 23.7 Å². The number of anilines is 3. The lowest BCUT2D eigenvalue weighted by molar-refractivity contribution is -0.120. The van der Waals surface area contributed by atoms with Gasteiger partial charge in [-0.15, -0.1) is 0 Å². The fraction of sp³-hybridized carbons (Fsp3) is 0.0800. The molecular weight excluding hydrogens is 569 g/mol. The average Bonchev–Trinajstić information content (AvgIpc) is 3.03. The van der Waals surface area contributed by atoms with Crippen LogP contribution in [0.25, 0.3) is 0 Å². The van der Waals surface area contributed by atoms with Gasteiger partial charge in [0.15, 0.2) is 0 Å². The smallest absolute Gasteiger partial charge is 0.283 e. The molecule has 3 aromatic rings. The molecule has 4 rings (SSSR count). The fourth-order valence-electron chi connectivity index (χ4n) is 3.42. The highest BCUT2D eigenvalue weighted by Gasteiger charge is 2.40. The number of methoxy groups -OCH3 is 1. The number of benzene rings is 3. The van der Waals surface area contributed by atoms with Gasteiger partial charge in [0.2, 0.25) is 0 Å². The molecule has 0 atom stereocenters. The molecule has 9 heteroatoms. The normalized spacial score (nSPS) is 13.4. The predicted octanol–water partition coefficient (Wildman–Crippen LogP) is 5.30. The summed E-state index contributed by atoms with van der Waals surface area (Å²) in [6, 6.07) is 19.1. The highest BCUT2D eigenvalue weighted by Crippen LogP contribution is 2.36. The van der Waals surface area contributed by atoms with Crippen LogP contribution in [-0.4, -0.2) is 24.8 Å². The zero-order valence-corrected chi connectivity index (χ0v) is 21.1. The van der Waals surface area contributed by atoms with E-state index < -0.39 is 11.8 Å². The highest BCUT2D eigenvalue weighted by atomic mass is 127. The molecule has 0 saturated carbocycles. The van der Waals surface area contributed by atoms with Crippen molar-refractivity contribution in [1.29, 1.82) is 0 Å². The van der Waals surface area contributed by atoms with Crippen molar-refractivity contribution in [2.75, 3.05) is 22.6 Å². The minimum atomic E-state index is -0.661. The summed E-state index contributed by atoms with van der Waals surface area (Å²) in [7, 11) is 1.46. The van der Waals surface area contributed by atoms with E-state index in [4.69, 9.17) is 16.3 Å². The molecule has 1 heterocycles. The van der Waals surface area contributed by atoms with Crippen molar-refractivity contribution in [2.24, 2.45) is 0 Å². The lowest BCUT2D eigenvalue weighted by atomic mass is 10.1. The first-order valence-electron chi connectivity index (χ1n) is 10.2. The summed E-state index contributed by atoms with van der Waals surface area (Å²) in [5.74, 6) is -1.23. The van der Waals surface area contributed by atoms with Gasteiger partial charge in [-0.3, -0.25) is 14.4 Å². The van der Waals surface area contributed by atoms with Gasteiger partial charge in [0.05, 0.1) is 12.8 Å². The minimum absolute atomic E-state index is 0.0783. The van der Waals surface area contributed by atoms with Crippen LogP contribution in [0.15, 0.2) is 77.5 Å². The Kier molecular flexibility index (Phi) is 6.90. The van der Waals surface area contributed by atoms with Crippen LogP contribution in [0.4, 0.5) is 17.1 Å². The molecular formula is C25H19ClIN3O4. The second kappa shape index (κ2) is 9.86. The molecule has 3 aromatic carbocycles. The van der Waals surface area contributed by atoms with Gasteiger partial charge < -0.3 is 15.4 Å². The number of hydrogen-bond donors (Lipinski definition) is 2. The van der Waals surface area contributed by atoms with Gasteiger partial charge in [-0.25, -0.2) is 4.90 Å². The summed E-state index contributed by atoms with van der Waals surface area (Å²) < 4.78 is 6.38. The van der Waals surface area contributed by atoms with Gasteiger partial charge in [-0.2, -0.15) is 0 Å². The van der Waals surface area contributed by atoms with Crippen LogP contribution in [0.3, 0.4) is 0 Å². The molecule has 0 unspecified atom stereocenters. The second-order valence-corrected chi connectivity index (χ2v) is 9.10. The number of imide groups is 1. The van der Waals surface area contributed by atoms with E-state index in [-0.39, 0.29) is 16.6 Å². The van der Waals surface area contributed by atoms with Crippen molar-refractivity contribution >= 4 is 69.0 Å².